The average Bonchev–Trinajstić information content (AvgIpc) is 3.21. The van der Waals surface area contributed by atoms with E-state index in [0.29, 0.717) is 4.88 Å². The maximum atomic E-state index is 11.4. The molecule has 1 heterocycles. The van der Waals surface area contributed by atoms with Gasteiger partial charge in [0.15, 0.2) is 0 Å². The van der Waals surface area contributed by atoms with Crippen LogP contribution in [0.15, 0.2) is 53.4 Å². The number of aromatic carboxylic acids is 1. The molecule has 0 spiro atoms. The number of rotatable bonds is 8. The van der Waals surface area contributed by atoms with Crippen LogP contribution >= 0.6 is 23.1 Å². The van der Waals surface area contributed by atoms with Gasteiger partial charge in [-0.2, -0.15) is 0 Å². The SMILES string of the molecule is CCCCC(Sc1cc(C)c(-c2ccc(C(C)(C)C)cc2)c(C)c1)c1ccc(C(=O)O)s1. The highest BCUT2D eigenvalue weighted by molar-refractivity contribution is 7.99. The summed E-state index contributed by atoms with van der Waals surface area (Å²) in [5.41, 5.74) is 6.63. The second-order valence-corrected chi connectivity index (χ2v) is 11.9. The summed E-state index contributed by atoms with van der Waals surface area (Å²) in [7, 11) is 0. The van der Waals surface area contributed by atoms with Crippen molar-refractivity contribution in [1.29, 1.82) is 0 Å². The Balaban J connectivity index is 1.88. The maximum absolute atomic E-state index is 11.4. The van der Waals surface area contributed by atoms with E-state index in [4.69, 9.17) is 0 Å². The minimum atomic E-state index is -0.839. The summed E-state index contributed by atoms with van der Waals surface area (Å²) in [6.07, 6.45) is 3.32. The second-order valence-electron chi connectivity index (χ2n) is 9.52. The van der Waals surface area contributed by atoms with Crippen LogP contribution in [0.5, 0.6) is 0 Å². The van der Waals surface area contributed by atoms with Crippen molar-refractivity contribution < 1.29 is 9.90 Å². The van der Waals surface area contributed by atoms with E-state index in [1.807, 2.05) is 17.8 Å². The van der Waals surface area contributed by atoms with Crippen molar-refractivity contribution in [3.05, 3.63) is 75.0 Å². The molecular formula is C28H34O2S2. The van der Waals surface area contributed by atoms with Gasteiger partial charge in [0, 0.05) is 15.0 Å². The molecule has 1 unspecified atom stereocenters. The van der Waals surface area contributed by atoms with E-state index >= 15 is 0 Å². The Morgan fingerprint density at radius 1 is 1.03 bits per heavy atom. The summed E-state index contributed by atoms with van der Waals surface area (Å²) >= 11 is 3.27. The summed E-state index contributed by atoms with van der Waals surface area (Å²) in [4.78, 5) is 14.2. The van der Waals surface area contributed by atoms with Crippen LogP contribution < -0.4 is 0 Å². The quantitative estimate of drug-likeness (QED) is 0.336. The zero-order valence-corrected chi connectivity index (χ0v) is 21.6. The lowest BCUT2D eigenvalue weighted by atomic mass is 9.85. The third kappa shape index (κ3) is 5.85. The van der Waals surface area contributed by atoms with Gasteiger partial charge >= 0.3 is 5.97 Å². The molecule has 1 aromatic heterocycles. The summed E-state index contributed by atoms with van der Waals surface area (Å²) in [5.74, 6) is -0.839. The number of hydrogen-bond donors (Lipinski definition) is 1. The van der Waals surface area contributed by atoms with Crippen LogP contribution in [0.4, 0.5) is 0 Å². The topological polar surface area (TPSA) is 37.3 Å². The van der Waals surface area contributed by atoms with Crippen LogP contribution in [0.2, 0.25) is 0 Å². The van der Waals surface area contributed by atoms with E-state index in [-0.39, 0.29) is 10.7 Å². The molecule has 1 atom stereocenters. The molecule has 0 amide bonds. The van der Waals surface area contributed by atoms with Gasteiger partial charge in [-0.1, -0.05) is 64.8 Å². The molecule has 32 heavy (non-hydrogen) atoms. The first-order valence-electron chi connectivity index (χ1n) is 11.3. The Morgan fingerprint density at radius 2 is 1.66 bits per heavy atom. The number of carbonyl (C=O) groups is 1. The molecule has 0 radical (unpaired) electrons. The van der Waals surface area contributed by atoms with E-state index < -0.39 is 5.97 Å². The molecule has 0 aliphatic rings. The molecule has 170 valence electrons. The first-order chi connectivity index (χ1) is 15.1. The van der Waals surface area contributed by atoms with Gasteiger partial charge in [0.05, 0.1) is 0 Å². The summed E-state index contributed by atoms with van der Waals surface area (Å²) < 4.78 is 0. The molecular weight excluding hydrogens is 432 g/mol. The molecule has 3 rings (SSSR count). The Bertz CT molecular complexity index is 1050. The lowest BCUT2D eigenvalue weighted by molar-refractivity contribution is 0.0702. The minimum absolute atomic E-state index is 0.152. The zero-order chi connectivity index (χ0) is 23.5. The van der Waals surface area contributed by atoms with E-state index in [2.05, 4.69) is 77.9 Å². The minimum Gasteiger partial charge on any atom is -0.477 e. The van der Waals surface area contributed by atoms with Crippen LogP contribution in [0.3, 0.4) is 0 Å². The molecule has 0 bridgehead atoms. The molecule has 2 aromatic carbocycles. The van der Waals surface area contributed by atoms with Crippen LogP contribution in [0.25, 0.3) is 11.1 Å². The molecule has 1 N–H and O–H groups in total. The second kappa shape index (κ2) is 10.3. The molecule has 0 aliphatic carbocycles. The average molecular weight is 467 g/mol. The normalized spacial score (nSPS) is 12.7. The van der Waals surface area contributed by atoms with Crippen molar-refractivity contribution >= 4 is 29.1 Å². The monoisotopic (exact) mass is 466 g/mol. The van der Waals surface area contributed by atoms with E-state index in [0.717, 1.165) is 24.1 Å². The fourth-order valence-electron chi connectivity index (χ4n) is 4.04. The number of unbranched alkanes of at least 4 members (excludes halogenated alkanes) is 1. The predicted octanol–water partition coefficient (Wildman–Crippen LogP) is 9.05. The standard InChI is InChI=1S/C28H34O2S2/c1-7-8-9-23(24-14-15-25(32-24)27(29)30)31-22-16-18(2)26(19(3)17-22)20-10-12-21(13-11-20)28(4,5)6/h10-17,23H,7-9H2,1-6H3,(H,29,30). The van der Waals surface area contributed by atoms with Gasteiger partial charge in [-0.05, 0) is 77.8 Å². The molecule has 3 aromatic rings. The number of thioether (sulfide) groups is 1. The fourth-order valence-corrected chi connectivity index (χ4v) is 6.49. The summed E-state index contributed by atoms with van der Waals surface area (Å²) in [5, 5.41) is 9.60. The highest BCUT2D eigenvalue weighted by atomic mass is 32.2. The Morgan fingerprint density at radius 3 is 2.16 bits per heavy atom. The summed E-state index contributed by atoms with van der Waals surface area (Å²) in [6.45, 7) is 13.3. The highest BCUT2D eigenvalue weighted by Gasteiger charge is 2.19. The van der Waals surface area contributed by atoms with Gasteiger partial charge in [-0.25, -0.2) is 4.79 Å². The first kappa shape index (κ1) is 24.6. The van der Waals surface area contributed by atoms with Crippen LogP contribution in [0, 0.1) is 13.8 Å². The van der Waals surface area contributed by atoms with E-state index in [9.17, 15) is 9.90 Å². The number of benzene rings is 2. The zero-order valence-electron chi connectivity index (χ0n) is 20.0. The van der Waals surface area contributed by atoms with Crippen LogP contribution in [-0.4, -0.2) is 11.1 Å². The number of thiophene rings is 1. The first-order valence-corrected chi connectivity index (χ1v) is 13.0. The van der Waals surface area contributed by atoms with Gasteiger partial charge in [-0.15, -0.1) is 23.1 Å². The van der Waals surface area contributed by atoms with Crippen LogP contribution in [-0.2, 0) is 5.41 Å². The Hall–Kier alpha value is -2.04. The number of carboxylic acids is 1. The van der Waals surface area contributed by atoms with Crippen molar-refractivity contribution in [2.45, 2.75) is 76.4 Å². The third-order valence-corrected chi connectivity index (χ3v) is 8.42. The van der Waals surface area contributed by atoms with Gasteiger partial charge in [0.1, 0.15) is 4.88 Å². The molecule has 0 saturated heterocycles. The largest absolute Gasteiger partial charge is 0.477 e. The third-order valence-electron chi connectivity index (χ3n) is 5.80. The van der Waals surface area contributed by atoms with Crippen molar-refractivity contribution in [2.75, 3.05) is 0 Å². The van der Waals surface area contributed by atoms with Gasteiger partial charge in [0.2, 0.25) is 0 Å². The highest BCUT2D eigenvalue weighted by Crippen LogP contribution is 2.43. The van der Waals surface area contributed by atoms with Gasteiger partial charge in [0.25, 0.3) is 0 Å². The number of carboxylic acid groups (broad SMARTS) is 1. The van der Waals surface area contributed by atoms with Crippen LogP contribution in [0.1, 0.15) is 83.4 Å². The maximum Gasteiger partial charge on any atom is 0.345 e. The van der Waals surface area contributed by atoms with E-state index in [1.165, 1.54) is 44.0 Å². The van der Waals surface area contributed by atoms with E-state index in [1.54, 1.807) is 6.07 Å². The molecule has 2 nitrogen and oxygen atoms in total. The summed E-state index contributed by atoms with van der Waals surface area (Å²) in [6, 6.07) is 17.3. The Kier molecular flexibility index (Phi) is 7.89. The molecule has 0 saturated carbocycles. The van der Waals surface area contributed by atoms with Crippen molar-refractivity contribution in [3.63, 3.8) is 0 Å². The number of aryl methyl sites for hydroxylation is 2. The molecule has 0 aliphatic heterocycles. The molecule has 4 heteroatoms. The molecule has 0 fully saturated rings. The lowest BCUT2D eigenvalue weighted by Crippen LogP contribution is -2.10. The lowest BCUT2D eigenvalue weighted by Gasteiger charge is -2.20. The van der Waals surface area contributed by atoms with Crippen molar-refractivity contribution in [3.8, 4) is 11.1 Å². The van der Waals surface area contributed by atoms with Crippen molar-refractivity contribution in [1.82, 2.24) is 0 Å². The predicted molar refractivity (Wildman–Crippen MR) is 139 cm³/mol. The smallest absolute Gasteiger partial charge is 0.345 e. The van der Waals surface area contributed by atoms with Gasteiger partial charge < -0.3 is 5.11 Å². The van der Waals surface area contributed by atoms with Gasteiger partial charge in [-0.3, -0.25) is 0 Å². The number of hydrogen-bond acceptors (Lipinski definition) is 3. The fraction of sp³-hybridized carbons (Fsp3) is 0.393. The van der Waals surface area contributed by atoms with Crippen molar-refractivity contribution in [2.24, 2.45) is 0 Å². The Labute approximate surface area is 201 Å².